The molecule has 4 aromatic rings. The normalized spacial score (nSPS) is 11.0. The smallest absolute Gasteiger partial charge is 0.283 e. The first kappa shape index (κ1) is 19.8. The second kappa shape index (κ2) is 8.11. The summed E-state index contributed by atoms with van der Waals surface area (Å²) >= 11 is 1.19. The van der Waals surface area contributed by atoms with Gasteiger partial charge in [0, 0.05) is 24.0 Å². The van der Waals surface area contributed by atoms with Gasteiger partial charge in [-0.3, -0.25) is 14.2 Å². The first-order valence-corrected chi connectivity index (χ1v) is 10.1. The maximum absolute atomic E-state index is 13.5. The van der Waals surface area contributed by atoms with E-state index in [2.05, 4.69) is 10.3 Å². The molecule has 0 spiro atoms. The van der Waals surface area contributed by atoms with Crippen molar-refractivity contribution in [2.75, 3.05) is 27.0 Å². The summed E-state index contributed by atoms with van der Waals surface area (Å²) in [4.78, 5) is 33.2. The molecule has 0 saturated heterocycles. The van der Waals surface area contributed by atoms with Gasteiger partial charge in [-0.1, -0.05) is 30.0 Å². The molecule has 0 saturated carbocycles. The van der Waals surface area contributed by atoms with Gasteiger partial charge in [-0.25, -0.2) is 4.98 Å². The average Bonchev–Trinajstić information content (AvgIpc) is 3.16. The number of rotatable bonds is 6. The van der Waals surface area contributed by atoms with Gasteiger partial charge in [0.05, 0.1) is 25.7 Å². The summed E-state index contributed by atoms with van der Waals surface area (Å²) in [5.74, 6) is 1.01. The van der Waals surface area contributed by atoms with Crippen LogP contribution in [0.3, 0.4) is 0 Å². The summed E-state index contributed by atoms with van der Waals surface area (Å²) in [7, 11) is 4.65. The predicted octanol–water partition coefficient (Wildman–Crippen LogP) is 2.72. The number of fused-ring (bicyclic) bond motifs is 3. The van der Waals surface area contributed by atoms with Crippen molar-refractivity contribution >= 4 is 39.6 Å². The van der Waals surface area contributed by atoms with E-state index >= 15 is 0 Å². The Morgan fingerprint density at radius 3 is 2.67 bits per heavy atom. The number of H-pyrrole nitrogens is 1. The number of nitrogens with one attached hydrogen (secondary N) is 2. The minimum atomic E-state index is -0.261. The van der Waals surface area contributed by atoms with Gasteiger partial charge >= 0.3 is 0 Å². The Morgan fingerprint density at radius 2 is 1.93 bits per heavy atom. The highest BCUT2D eigenvalue weighted by molar-refractivity contribution is 7.99. The number of hydrogen-bond donors (Lipinski definition) is 2. The quantitative estimate of drug-likeness (QED) is 0.365. The molecule has 8 nitrogen and oxygen atoms in total. The molecular weight excluding hydrogens is 404 g/mol. The summed E-state index contributed by atoms with van der Waals surface area (Å²) in [6, 6.07) is 12.8. The van der Waals surface area contributed by atoms with Crippen LogP contribution in [0.4, 0.5) is 0 Å². The molecule has 154 valence electrons. The molecule has 0 aliphatic carbocycles. The SMILES string of the molecule is CNC(=O)CSc1nc2c([nH]c3ccccc32)c(=O)n1-c1ccc(OC)c(OC)c1. The molecule has 0 atom stereocenters. The number of methoxy groups -OCH3 is 2. The molecule has 0 bridgehead atoms. The summed E-state index contributed by atoms with van der Waals surface area (Å²) in [6.07, 6.45) is 0. The number of carbonyl (C=O) groups is 1. The monoisotopic (exact) mass is 424 g/mol. The Bertz CT molecular complexity index is 1310. The fourth-order valence-corrected chi connectivity index (χ4v) is 4.11. The van der Waals surface area contributed by atoms with E-state index in [1.165, 1.54) is 23.4 Å². The van der Waals surface area contributed by atoms with Crippen molar-refractivity contribution < 1.29 is 14.3 Å². The van der Waals surface area contributed by atoms with E-state index in [1.54, 1.807) is 32.4 Å². The molecule has 4 rings (SSSR count). The van der Waals surface area contributed by atoms with E-state index in [1.807, 2.05) is 24.3 Å². The second-order valence-electron chi connectivity index (χ2n) is 6.43. The summed E-state index contributed by atoms with van der Waals surface area (Å²) in [5.41, 5.74) is 2.10. The number of aromatic amines is 1. The Kier molecular flexibility index (Phi) is 5.37. The minimum Gasteiger partial charge on any atom is -0.493 e. The highest BCUT2D eigenvalue weighted by Gasteiger charge is 2.19. The zero-order valence-corrected chi connectivity index (χ0v) is 17.5. The summed E-state index contributed by atoms with van der Waals surface area (Å²) < 4.78 is 12.2. The van der Waals surface area contributed by atoms with Crippen LogP contribution in [0.25, 0.3) is 27.6 Å². The molecule has 2 aromatic carbocycles. The van der Waals surface area contributed by atoms with Crippen LogP contribution in [0.1, 0.15) is 0 Å². The van der Waals surface area contributed by atoms with Gasteiger partial charge in [0.2, 0.25) is 5.91 Å². The molecule has 9 heteroatoms. The molecule has 0 radical (unpaired) electrons. The first-order chi connectivity index (χ1) is 14.6. The zero-order valence-electron chi connectivity index (χ0n) is 16.7. The summed E-state index contributed by atoms with van der Waals surface area (Å²) in [6.45, 7) is 0. The Balaban J connectivity index is 1.98. The van der Waals surface area contributed by atoms with Gasteiger partial charge in [-0.2, -0.15) is 0 Å². The number of ether oxygens (including phenoxy) is 2. The van der Waals surface area contributed by atoms with Crippen LogP contribution in [0.5, 0.6) is 11.5 Å². The summed E-state index contributed by atoms with van der Waals surface area (Å²) in [5, 5.41) is 3.85. The number of carbonyl (C=O) groups excluding carboxylic acids is 1. The van der Waals surface area contributed by atoms with Crippen LogP contribution in [0, 0.1) is 0 Å². The van der Waals surface area contributed by atoms with Crippen LogP contribution in [-0.4, -0.2) is 47.5 Å². The van der Waals surface area contributed by atoms with Gasteiger partial charge in [0.15, 0.2) is 16.7 Å². The average molecular weight is 424 g/mol. The topological polar surface area (TPSA) is 98.2 Å². The number of amides is 1. The number of nitrogens with zero attached hydrogens (tertiary/aromatic N) is 2. The molecule has 1 amide bonds. The van der Waals surface area contributed by atoms with Crippen molar-refractivity contribution in [2.24, 2.45) is 0 Å². The lowest BCUT2D eigenvalue weighted by molar-refractivity contribution is -0.118. The van der Waals surface area contributed by atoms with E-state index < -0.39 is 0 Å². The molecule has 30 heavy (non-hydrogen) atoms. The van der Waals surface area contributed by atoms with Crippen LogP contribution < -0.4 is 20.3 Å². The number of aromatic nitrogens is 3. The lowest BCUT2D eigenvalue weighted by Gasteiger charge is -2.14. The Labute approximate surface area is 176 Å². The Hall–Kier alpha value is -3.46. The zero-order chi connectivity index (χ0) is 21.3. The maximum Gasteiger partial charge on any atom is 0.283 e. The Morgan fingerprint density at radius 1 is 1.17 bits per heavy atom. The molecule has 2 heterocycles. The third kappa shape index (κ3) is 3.37. The van der Waals surface area contributed by atoms with E-state index in [9.17, 15) is 9.59 Å². The fourth-order valence-electron chi connectivity index (χ4n) is 3.23. The highest BCUT2D eigenvalue weighted by Crippen LogP contribution is 2.31. The second-order valence-corrected chi connectivity index (χ2v) is 7.37. The fraction of sp³-hybridized carbons (Fsp3) is 0.190. The predicted molar refractivity (Wildman–Crippen MR) is 117 cm³/mol. The van der Waals surface area contributed by atoms with Crippen molar-refractivity contribution in [1.82, 2.24) is 19.9 Å². The van der Waals surface area contributed by atoms with E-state index in [-0.39, 0.29) is 17.2 Å². The number of benzene rings is 2. The highest BCUT2D eigenvalue weighted by atomic mass is 32.2. The van der Waals surface area contributed by atoms with Crippen LogP contribution in [-0.2, 0) is 4.79 Å². The van der Waals surface area contributed by atoms with Crippen LogP contribution >= 0.6 is 11.8 Å². The molecule has 0 aliphatic heterocycles. The van der Waals surface area contributed by atoms with Gasteiger partial charge in [-0.05, 0) is 18.2 Å². The molecule has 2 aromatic heterocycles. The molecular formula is C21H20N4O4S. The molecule has 0 aliphatic rings. The number of para-hydroxylation sites is 1. The van der Waals surface area contributed by atoms with Crippen molar-refractivity contribution in [3.05, 3.63) is 52.8 Å². The van der Waals surface area contributed by atoms with Crippen molar-refractivity contribution in [3.8, 4) is 17.2 Å². The standard InChI is InChI=1S/C21H20N4O4S/c1-22-17(26)11-30-21-24-18-13-6-4-5-7-14(13)23-19(18)20(27)25(21)12-8-9-15(28-2)16(10-12)29-3/h4-10,23H,11H2,1-3H3,(H,22,26). The third-order valence-electron chi connectivity index (χ3n) is 4.73. The van der Waals surface area contributed by atoms with Gasteiger partial charge in [0.25, 0.3) is 5.56 Å². The third-order valence-corrected chi connectivity index (χ3v) is 5.67. The lowest BCUT2D eigenvalue weighted by atomic mass is 10.2. The van der Waals surface area contributed by atoms with Crippen molar-refractivity contribution in [3.63, 3.8) is 0 Å². The van der Waals surface area contributed by atoms with Gasteiger partial charge in [-0.15, -0.1) is 0 Å². The molecule has 0 fully saturated rings. The van der Waals surface area contributed by atoms with Crippen LogP contribution in [0.2, 0.25) is 0 Å². The van der Waals surface area contributed by atoms with Gasteiger partial charge < -0.3 is 19.8 Å². The van der Waals surface area contributed by atoms with E-state index in [0.717, 1.165) is 10.9 Å². The largest absolute Gasteiger partial charge is 0.493 e. The minimum absolute atomic E-state index is 0.129. The number of hydrogen-bond acceptors (Lipinski definition) is 6. The molecule has 2 N–H and O–H groups in total. The lowest BCUT2D eigenvalue weighted by Crippen LogP contribution is -2.24. The van der Waals surface area contributed by atoms with Crippen molar-refractivity contribution in [2.45, 2.75) is 5.16 Å². The van der Waals surface area contributed by atoms with Crippen LogP contribution in [0.15, 0.2) is 52.4 Å². The van der Waals surface area contributed by atoms with Crippen molar-refractivity contribution in [1.29, 1.82) is 0 Å². The van der Waals surface area contributed by atoms with E-state index in [0.29, 0.717) is 33.4 Å². The van der Waals surface area contributed by atoms with E-state index in [4.69, 9.17) is 14.5 Å². The maximum atomic E-state index is 13.5. The first-order valence-electron chi connectivity index (χ1n) is 9.16. The molecule has 0 unspecified atom stereocenters. The van der Waals surface area contributed by atoms with Gasteiger partial charge in [0.1, 0.15) is 11.0 Å². The number of thioether (sulfide) groups is 1.